The molecule has 0 saturated carbocycles. The number of amides is 1. The van der Waals surface area contributed by atoms with E-state index in [1.165, 1.54) is 18.1 Å². The summed E-state index contributed by atoms with van der Waals surface area (Å²) in [5.41, 5.74) is 10.8. The average molecular weight is 370 g/mol. The number of ether oxygens (including phenoxy) is 1. The molecule has 0 heterocycles. The minimum atomic E-state index is -0.376. The molecule has 0 atom stereocenters. The SMILES string of the molecule is CC(C)c1cccc(C(C)C)c1-c1ccccc1C(N)=O.CCOC(C)=O. The lowest BCUT2D eigenvalue weighted by Crippen LogP contribution is -2.13. The number of hydrogen-bond acceptors (Lipinski definition) is 3. The average Bonchev–Trinajstić information content (AvgIpc) is 2.61. The Labute approximate surface area is 162 Å². The smallest absolute Gasteiger partial charge is 0.302 e. The highest BCUT2D eigenvalue weighted by Gasteiger charge is 2.19. The van der Waals surface area contributed by atoms with Gasteiger partial charge in [-0.1, -0.05) is 64.1 Å². The fraction of sp³-hybridized carbons (Fsp3) is 0.391. The van der Waals surface area contributed by atoms with Crippen LogP contribution in [0.4, 0.5) is 0 Å². The van der Waals surface area contributed by atoms with Gasteiger partial charge in [-0.3, -0.25) is 9.59 Å². The lowest BCUT2D eigenvalue weighted by Gasteiger charge is -2.21. The van der Waals surface area contributed by atoms with Crippen molar-refractivity contribution in [2.45, 2.75) is 53.4 Å². The summed E-state index contributed by atoms with van der Waals surface area (Å²) in [7, 11) is 0. The van der Waals surface area contributed by atoms with Crippen molar-refractivity contribution in [3.05, 3.63) is 59.2 Å². The number of carbonyl (C=O) groups is 2. The van der Waals surface area contributed by atoms with E-state index in [4.69, 9.17) is 5.73 Å². The molecular weight excluding hydrogens is 338 g/mol. The molecule has 0 aromatic heterocycles. The van der Waals surface area contributed by atoms with Gasteiger partial charge in [-0.25, -0.2) is 0 Å². The van der Waals surface area contributed by atoms with Crippen molar-refractivity contribution >= 4 is 11.9 Å². The minimum absolute atomic E-state index is 0.211. The maximum absolute atomic E-state index is 11.8. The highest BCUT2D eigenvalue weighted by atomic mass is 16.5. The highest BCUT2D eigenvalue weighted by molar-refractivity contribution is 6.00. The van der Waals surface area contributed by atoms with Crippen LogP contribution in [0, 0.1) is 0 Å². The number of carbonyl (C=O) groups excluding carboxylic acids is 2. The van der Waals surface area contributed by atoms with E-state index in [9.17, 15) is 9.59 Å². The third-order valence-electron chi connectivity index (χ3n) is 4.18. The van der Waals surface area contributed by atoms with Gasteiger partial charge in [0.05, 0.1) is 6.61 Å². The summed E-state index contributed by atoms with van der Waals surface area (Å²) in [6.07, 6.45) is 0. The number of nitrogens with two attached hydrogens (primary N) is 1. The van der Waals surface area contributed by atoms with E-state index in [1.807, 2.05) is 18.2 Å². The van der Waals surface area contributed by atoms with Crippen molar-refractivity contribution < 1.29 is 14.3 Å². The zero-order chi connectivity index (χ0) is 20.6. The van der Waals surface area contributed by atoms with Gasteiger partial charge in [0, 0.05) is 12.5 Å². The second kappa shape index (κ2) is 10.5. The van der Waals surface area contributed by atoms with Gasteiger partial charge in [0.2, 0.25) is 5.91 Å². The van der Waals surface area contributed by atoms with E-state index in [-0.39, 0.29) is 11.9 Å². The summed E-state index contributed by atoms with van der Waals surface area (Å²) in [4.78, 5) is 21.6. The predicted molar refractivity (Wildman–Crippen MR) is 111 cm³/mol. The van der Waals surface area contributed by atoms with Gasteiger partial charge < -0.3 is 10.5 Å². The maximum Gasteiger partial charge on any atom is 0.302 e. The van der Waals surface area contributed by atoms with E-state index in [1.54, 1.807) is 13.0 Å². The Balaban J connectivity index is 0.000000527. The Kier molecular flexibility index (Phi) is 8.73. The van der Waals surface area contributed by atoms with Crippen LogP contribution in [0.3, 0.4) is 0 Å². The summed E-state index contributed by atoms with van der Waals surface area (Å²) in [6, 6.07) is 14.0. The Morgan fingerprint density at radius 2 is 1.44 bits per heavy atom. The normalized spacial score (nSPS) is 10.4. The first-order valence-corrected chi connectivity index (χ1v) is 9.35. The fourth-order valence-corrected chi connectivity index (χ4v) is 2.98. The van der Waals surface area contributed by atoms with E-state index in [2.05, 4.69) is 50.6 Å². The van der Waals surface area contributed by atoms with E-state index < -0.39 is 0 Å². The third kappa shape index (κ3) is 6.24. The first-order valence-electron chi connectivity index (χ1n) is 9.35. The molecule has 2 aromatic carbocycles. The Morgan fingerprint density at radius 1 is 0.926 bits per heavy atom. The standard InChI is InChI=1S/C19H23NO.C4H8O2/c1-12(2)14-10-7-11-15(13(3)4)18(14)16-8-5-6-9-17(16)19(20)21;1-3-6-4(2)5/h5-13H,1-4H3,(H2,20,21);3H2,1-2H3. The molecule has 146 valence electrons. The molecule has 0 aliphatic rings. The molecule has 0 spiro atoms. The van der Waals surface area contributed by atoms with E-state index in [0.29, 0.717) is 24.0 Å². The zero-order valence-electron chi connectivity index (χ0n) is 17.2. The Hall–Kier alpha value is -2.62. The van der Waals surface area contributed by atoms with Crippen LogP contribution >= 0.6 is 0 Å². The highest BCUT2D eigenvalue weighted by Crippen LogP contribution is 2.37. The van der Waals surface area contributed by atoms with Gasteiger partial charge >= 0.3 is 5.97 Å². The summed E-state index contributed by atoms with van der Waals surface area (Å²) < 4.78 is 4.40. The lowest BCUT2D eigenvalue weighted by atomic mass is 9.83. The topological polar surface area (TPSA) is 69.4 Å². The van der Waals surface area contributed by atoms with Crippen LogP contribution in [0.1, 0.15) is 74.9 Å². The molecule has 2 rings (SSSR count). The summed E-state index contributed by atoms with van der Waals surface area (Å²) >= 11 is 0. The van der Waals surface area contributed by atoms with Crippen molar-refractivity contribution in [2.24, 2.45) is 5.73 Å². The van der Waals surface area contributed by atoms with Crippen molar-refractivity contribution in [3.8, 4) is 11.1 Å². The molecule has 0 aliphatic carbocycles. The molecule has 4 heteroatoms. The minimum Gasteiger partial charge on any atom is -0.466 e. The quantitative estimate of drug-likeness (QED) is 0.730. The molecule has 0 aliphatic heterocycles. The van der Waals surface area contributed by atoms with Crippen LogP contribution in [0.15, 0.2) is 42.5 Å². The number of primary amides is 1. The number of esters is 1. The van der Waals surface area contributed by atoms with Crippen molar-refractivity contribution in [1.82, 2.24) is 0 Å². The second-order valence-corrected chi connectivity index (χ2v) is 6.96. The molecule has 0 fully saturated rings. The molecule has 2 aromatic rings. The number of hydrogen-bond donors (Lipinski definition) is 1. The monoisotopic (exact) mass is 369 g/mol. The first-order chi connectivity index (χ1) is 12.7. The van der Waals surface area contributed by atoms with Gasteiger partial charge in [0.15, 0.2) is 0 Å². The van der Waals surface area contributed by atoms with Crippen LogP contribution < -0.4 is 5.73 Å². The van der Waals surface area contributed by atoms with Crippen LogP contribution in [-0.2, 0) is 9.53 Å². The molecule has 2 N–H and O–H groups in total. The first kappa shape index (κ1) is 22.4. The maximum atomic E-state index is 11.8. The lowest BCUT2D eigenvalue weighted by molar-refractivity contribution is -0.140. The third-order valence-corrected chi connectivity index (χ3v) is 4.18. The van der Waals surface area contributed by atoms with Crippen LogP contribution in [0.2, 0.25) is 0 Å². The Morgan fingerprint density at radius 3 is 1.81 bits per heavy atom. The fourth-order valence-electron chi connectivity index (χ4n) is 2.98. The molecule has 0 saturated heterocycles. The summed E-state index contributed by atoms with van der Waals surface area (Å²) in [5, 5.41) is 0. The van der Waals surface area contributed by atoms with E-state index >= 15 is 0 Å². The summed E-state index contributed by atoms with van der Waals surface area (Å²) in [6.45, 7) is 12.4. The molecule has 0 unspecified atom stereocenters. The molecule has 27 heavy (non-hydrogen) atoms. The molecule has 0 radical (unpaired) electrons. The van der Waals surface area contributed by atoms with Gasteiger partial charge in [0.25, 0.3) is 0 Å². The van der Waals surface area contributed by atoms with E-state index in [0.717, 1.165) is 11.1 Å². The Bertz CT molecular complexity index is 753. The molecular formula is C23H31NO3. The van der Waals surface area contributed by atoms with Crippen molar-refractivity contribution in [3.63, 3.8) is 0 Å². The molecule has 0 bridgehead atoms. The molecule has 4 nitrogen and oxygen atoms in total. The van der Waals surface area contributed by atoms with Gasteiger partial charge in [0.1, 0.15) is 0 Å². The van der Waals surface area contributed by atoms with Gasteiger partial charge in [-0.05, 0) is 47.1 Å². The van der Waals surface area contributed by atoms with Crippen molar-refractivity contribution in [2.75, 3.05) is 6.61 Å². The summed E-state index contributed by atoms with van der Waals surface area (Å²) in [5.74, 6) is 0.190. The van der Waals surface area contributed by atoms with Gasteiger partial charge in [-0.2, -0.15) is 0 Å². The number of benzene rings is 2. The predicted octanol–water partition coefficient (Wildman–Crippen LogP) is 5.27. The molecule has 1 amide bonds. The van der Waals surface area contributed by atoms with Crippen LogP contribution in [0.5, 0.6) is 0 Å². The van der Waals surface area contributed by atoms with Crippen LogP contribution in [-0.4, -0.2) is 18.5 Å². The van der Waals surface area contributed by atoms with Crippen LogP contribution in [0.25, 0.3) is 11.1 Å². The largest absolute Gasteiger partial charge is 0.466 e. The number of rotatable bonds is 5. The van der Waals surface area contributed by atoms with Gasteiger partial charge in [-0.15, -0.1) is 0 Å². The van der Waals surface area contributed by atoms with Crippen molar-refractivity contribution in [1.29, 1.82) is 0 Å². The second-order valence-electron chi connectivity index (χ2n) is 6.96. The zero-order valence-corrected chi connectivity index (χ0v) is 17.2.